The third-order valence-corrected chi connectivity index (χ3v) is 3.92. The van der Waals surface area contributed by atoms with Crippen LogP contribution in [-0.2, 0) is 6.54 Å². The summed E-state index contributed by atoms with van der Waals surface area (Å²) in [5, 5.41) is 12.3. The highest BCUT2D eigenvalue weighted by Crippen LogP contribution is 2.20. The average Bonchev–Trinajstić information content (AvgIpc) is 2.48. The molecule has 108 valence electrons. The summed E-state index contributed by atoms with van der Waals surface area (Å²) in [6.07, 6.45) is 3.70. The number of rotatable bonds is 5. The molecule has 0 radical (unpaired) electrons. The van der Waals surface area contributed by atoms with Crippen LogP contribution in [0.1, 0.15) is 37.3 Å². The summed E-state index contributed by atoms with van der Waals surface area (Å²) in [5.41, 5.74) is 1.16. The SMILES string of the molecule is CCNCC1CCCCN1Cc1ccc(F)c(C#N)c1. The third kappa shape index (κ3) is 3.78. The van der Waals surface area contributed by atoms with Gasteiger partial charge in [0.25, 0.3) is 0 Å². The van der Waals surface area contributed by atoms with Gasteiger partial charge in [-0.2, -0.15) is 5.26 Å². The van der Waals surface area contributed by atoms with Gasteiger partial charge in [0.15, 0.2) is 0 Å². The van der Waals surface area contributed by atoms with Crippen LogP contribution in [0.5, 0.6) is 0 Å². The van der Waals surface area contributed by atoms with Crippen LogP contribution in [-0.4, -0.2) is 30.6 Å². The molecule has 1 saturated heterocycles. The fourth-order valence-corrected chi connectivity index (χ4v) is 2.80. The molecule has 0 aromatic heterocycles. The molecule has 1 fully saturated rings. The van der Waals surface area contributed by atoms with Crippen LogP contribution < -0.4 is 5.32 Å². The number of nitriles is 1. The number of halogens is 1. The molecule has 1 unspecified atom stereocenters. The second-order valence-electron chi connectivity index (χ2n) is 5.35. The van der Waals surface area contributed by atoms with Gasteiger partial charge in [0.2, 0.25) is 0 Å². The van der Waals surface area contributed by atoms with E-state index in [1.54, 1.807) is 12.1 Å². The molecule has 1 N–H and O–H groups in total. The van der Waals surface area contributed by atoms with Crippen LogP contribution in [0.4, 0.5) is 4.39 Å². The van der Waals surface area contributed by atoms with E-state index in [1.807, 2.05) is 6.07 Å². The minimum Gasteiger partial charge on any atom is -0.315 e. The molecule has 1 aromatic carbocycles. The molecule has 0 aliphatic carbocycles. The van der Waals surface area contributed by atoms with Crippen LogP contribution in [0, 0.1) is 17.1 Å². The van der Waals surface area contributed by atoms with Gasteiger partial charge in [0.05, 0.1) is 5.56 Å². The van der Waals surface area contributed by atoms with Crippen molar-refractivity contribution in [1.29, 1.82) is 5.26 Å². The standard InChI is InChI=1S/C16H22FN3/c1-2-19-11-15-5-3-4-8-20(15)12-13-6-7-16(17)14(9-13)10-18/h6-7,9,15,19H,2-5,8,11-12H2,1H3. The van der Waals surface area contributed by atoms with E-state index in [0.29, 0.717) is 6.04 Å². The molecule has 1 atom stereocenters. The van der Waals surface area contributed by atoms with Crippen LogP contribution in [0.25, 0.3) is 0 Å². The van der Waals surface area contributed by atoms with Gasteiger partial charge in [-0.3, -0.25) is 4.90 Å². The Labute approximate surface area is 120 Å². The minimum absolute atomic E-state index is 0.141. The molecule has 1 aliphatic rings. The number of likely N-dealkylation sites (N-methyl/N-ethyl adjacent to an activating group) is 1. The molecule has 4 heteroatoms. The highest BCUT2D eigenvalue weighted by Gasteiger charge is 2.22. The zero-order valence-electron chi connectivity index (χ0n) is 12.0. The summed E-state index contributed by atoms with van der Waals surface area (Å²) < 4.78 is 13.3. The summed E-state index contributed by atoms with van der Waals surface area (Å²) >= 11 is 0. The summed E-state index contributed by atoms with van der Waals surface area (Å²) in [4.78, 5) is 2.44. The minimum atomic E-state index is -0.431. The first-order valence-corrected chi connectivity index (χ1v) is 7.38. The van der Waals surface area contributed by atoms with Crippen molar-refractivity contribution in [2.24, 2.45) is 0 Å². The van der Waals surface area contributed by atoms with Gasteiger partial charge in [-0.15, -0.1) is 0 Å². The van der Waals surface area contributed by atoms with Gasteiger partial charge in [-0.25, -0.2) is 4.39 Å². The molecule has 0 bridgehead atoms. The average molecular weight is 275 g/mol. The lowest BCUT2D eigenvalue weighted by Crippen LogP contribution is -2.44. The Kier molecular flexibility index (Phi) is 5.51. The monoisotopic (exact) mass is 275 g/mol. The number of nitrogens with zero attached hydrogens (tertiary/aromatic N) is 2. The molecular formula is C16H22FN3. The van der Waals surface area contributed by atoms with Crippen molar-refractivity contribution in [3.63, 3.8) is 0 Å². The van der Waals surface area contributed by atoms with E-state index in [0.717, 1.165) is 31.7 Å². The van der Waals surface area contributed by atoms with E-state index >= 15 is 0 Å². The predicted molar refractivity (Wildman–Crippen MR) is 77.7 cm³/mol. The number of nitrogens with one attached hydrogen (secondary N) is 1. The summed E-state index contributed by atoms with van der Waals surface area (Å²) in [7, 11) is 0. The second-order valence-corrected chi connectivity index (χ2v) is 5.35. The van der Waals surface area contributed by atoms with Crippen molar-refractivity contribution in [3.8, 4) is 6.07 Å². The molecule has 1 aromatic rings. The zero-order chi connectivity index (χ0) is 14.4. The molecule has 0 amide bonds. The normalized spacial score (nSPS) is 19.8. The van der Waals surface area contributed by atoms with E-state index in [2.05, 4.69) is 17.1 Å². The molecule has 1 heterocycles. The Morgan fingerprint density at radius 3 is 3.05 bits per heavy atom. The molecule has 0 saturated carbocycles. The van der Waals surface area contributed by atoms with Crippen LogP contribution in [0.15, 0.2) is 18.2 Å². The van der Waals surface area contributed by atoms with Crippen molar-refractivity contribution in [2.45, 2.75) is 38.8 Å². The van der Waals surface area contributed by atoms with Crippen molar-refractivity contribution < 1.29 is 4.39 Å². The lowest BCUT2D eigenvalue weighted by Gasteiger charge is -2.36. The van der Waals surface area contributed by atoms with Gasteiger partial charge in [-0.1, -0.05) is 19.4 Å². The summed E-state index contributed by atoms with van der Waals surface area (Å²) in [6.45, 7) is 5.98. The zero-order valence-corrected chi connectivity index (χ0v) is 12.0. The maximum absolute atomic E-state index is 13.3. The Hall–Kier alpha value is -1.44. The van der Waals surface area contributed by atoms with E-state index in [1.165, 1.54) is 25.3 Å². The fourth-order valence-electron chi connectivity index (χ4n) is 2.80. The lowest BCUT2D eigenvalue weighted by molar-refractivity contribution is 0.138. The first-order valence-electron chi connectivity index (χ1n) is 7.38. The number of benzene rings is 1. The number of hydrogen-bond acceptors (Lipinski definition) is 3. The summed E-state index contributed by atoms with van der Waals surface area (Å²) in [5.74, 6) is -0.431. The topological polar surface area (TPSA) is 39.1 Å². The van der Waals surface area contributed by atoms with E-state index in [4.69, 9.17) is 5.26 Å². The molecule has 1 aliphatic heterocycles. The molecule has 0 spiro atoms. The fraction of sp³-hybridized carbons (Fsp3) is 0.562. The Morgan fingerprint density at radius 2 is 2.30 bits per heavy atom. The highest BCUT2D eigenvalue weighted by molar-refractivity contribution is 5.34. The maximum Gasteiger partial charge on any atom is 0.140 e. The van der Waals surface area contributed by atoms with Crippen molar-refractivity contribution in [2.75, 3.05) is 19.6 Å². The Bertz CT molecular complexity index is 481. The van der Waals surface area contributed by atoms with E-state index in [9.17, 15) is 4.39 Å². The van der Waals surface area contributed by atoms with Gasteiger partial charge in [-0.05, 0) is 43.6 Å². The highest BCUT2D eigenvalue weighted by atomic mass is 19.1. The quantitative estimate of drug-likeness (QED) is 0.898. The third-order valence-electron chi connectivity index (χ3n) is 3.92. The first kappa shape index (κ1) is 15.0. The van der Waals surface area contributed by atoms with Gasteiger partial charge in [0, 0.05) is 19.1 Å². The number of hydrogen-bond donors (Lipinski definition) is 1. The van der Waals surface area contributed by atoms with Gasteiger partial charge in [0.1, 0.15) is 11.9 Å². The van der Waals surface area contributed by atoms with Crippen LogP contribution in [0.3, 0.4) is 0 Å². The summed E-state index contributed by atoms with van der Waals surface area (Å²) in [6, 6.07) is 7.32. The Morgan fingerprint density at radius 1 is 1.45 bits per heavy atom. The van der Waals surface area contributed by atoms with Gasteiger partial charge >= 0.3 is 0 Å². The van der Waals surface area contributed by atoms with Crippen molar-refractivity contribution in [3.05, 3.63) is 35.1 Å². The van der Waals surface area contributed by atoms with E-state index in [-0.39, 0.29) is 5.56 Å². The smallest absolute Gasteiger partial charge is 0.140 e. The van der Waals surface area contributed by atoms with Crippen molar-refractivity contribution in [1.82, 2.24) is 10.2 Å². The Balaban J connectivity index is 2.04. The largest absolute Gasteiger partial charge is 0.315 e. The molecule has 2 rings (SSSR count). The number of likely N-dealkylation sites (tertiary alicyclic amines) is 1. The van der Waals surface area contributed by atoms with Crippen molar-refractivity contribution >= 4 is 0 Å². The molecule has 20 heavy (non-hydrogen) atoms. The first-order chi connectivity index (χ1) is 9.74. The van der Waals surface area contributed by atoms with Crippen LogP contribution >= 0.6 is 0 Å². The van der Waals surface area contributed by atoms with E-state index < -0.39 is 5.82 Å². The molecule has 3 nitrogen and oxygen atoms in total. The second kappa shape index (κ2) is 7.37. The van der Waals surface area contributed by atoms with Crippen LogP contribution in [0.2, 0.25) is 0 Å². The predicted octanol–water partition coefficient (Wildman–Crippen LogP) is 2.66. The number of piperidine rings is 1. The molecular weight excluding hydrogens is 253 g/mol. The maximum atomic E-state index is 13.3. The lowest BCUT2D eigenvalue weighted by atomic mass is 10.0. The van der Waals surface area contributed by atoms with Gasteiger partial charge < -0.3 is 5.32 Å².